The highest BCUT2D eigenvalue weighted by Crippen LogP contribution is 2.32. The fraction of sp³-hybridized carbons (Fsp3) is 0.207. The summed E-state index contributed by atoms with van der Waals surface area (Å²) in [6, 6.07) is 18.1. The van der Waals surface area contributed by atoms with Gasteiger partial charge in [0.2, 0.25) is 0 Å². The SMILES string of the molecule is COC(=O)c1ccc2c(C(=Nc3ccc(C(=O)COCCN(C)C)c(F)c3)c3ccccc3)c(O)[nH]c2c1. The number of nitrogens with one attached hydrogen (secondary N) is 1. The van der Waals surface area contributed by atoms with Gasteiger partial charge in [-0.05, 0) is 38.4 Å². The van der Waals surface area contributed by atoms with Crippen molar-refractivity contribution in [2.24, 2.45) is 4.99 Å². The van der Waals surface area contributed by atoms with E-state index in [0.29, 0.717) is 46.5 Å². The van der Waals surface area contributed by atoms with E-state index in [9.17, 15) is 19.1 Å². The molecule has 0 radical (unpaired) electrons. The number of aromatic amines is 1. The van der Waals surface area contributed by atoms with Crippen LogP contribution in [-0.2, 0) is 9.47 Å². The largest absolute Gasteiger partial charge is 0.494 e. The van der Waals surface area contributed by atoms with Crippen molar-refractivity contribution < 1.29 is 28.6 Å². The standard InChI is InChI=1S/C29H28FN3O5/c1-33(2)13-14-38-17-25(34)21-12-10-20(16-23(21)30)31-27(18-7-5-4-6-8-18)26-22-11-9-19(29(36)37-3)15-24(22)32-28(26)35/h4-12,15-16,32,35H,13-14,17H2,1-3H3. The lowest BCUT2D eigenvalue weighted by Gasteiger charge is -2.10. The predicted octanol–water partition coefficient (Wildman–Crippen LogP) is 4.73. The average Bonchev–Trinajstić information content (AvgIpc) is 3.24. The highest BCUT2D eigenvalue weighted by Gasteiger charge is 2.20. The van der Waals surface area contributed by atoms with Crippen molar-refractivity contribution in [2.45, 2.75) is 0 Å². The van der Waals surface area contributed by atoms with Gasteiger partial charge in [-0.3, -0.25) is 4.79 Å². The van der Waals surface area contributed by atoms with Crippen LogP contribution in [0.5, 0.6) is 5.88 Å². The number of nitrogens with zero attached hydrogens (tertiary/aromatic N) is 2. The number of fused-ring (bicyclic) bond motifs is 1. The van der Waals surface area contributed by atoms with Crippen molar-refractivity contribution in [3.63, 3.8) is 0 Å². The Morgan fingerprint density at radius 1 is 1.03 bits per heavy atom. The molecule has 0 unspecified atom stereocenters. The number of carbonyl (C=O) groups excluding carboxylic acids is 2. The first-order valence-corrected chi connectivity index (χ1v) is 11.9. The van der Waals surface area contributed by atoms with Gasteiger partial charge in [-0.1, -0.05) is 36.4 Å². The summed E-state index contributed by atoms with van der Waals surface area (Å²) in [6.45, 7) is 0.786. The van der Waals surface area contributed by atoms with E-state index < -0.39 is 17.6 Å². The number of hydrogen-bond donors (Lipinski definition) is 2. The van der Waals surface area contributed by atoms with Crippen LogP contribution in [0.15, 0.2) is 71.7 Å². The summed E-state index contributed by atoms with van der Waals surface area (Å²) in [7, 11) is 5.08. The predicted molar refractivity (Wildman–Crippen MR) is 143 cm³/mol. The van der Waals surface area contributed by atoms with E-state index in [-0.39, 0.29) is 23.7 Å². The van der Waals surface area contributed by atoms with E-state index >= 15 is 0 Å². The molecule has 9 heteroatoms. The first-order valence-electron chi connectivity index (χ1n) is 11.9. The number of aromatic nitrogens is 1. The number of carbonyl (C=O) groups is 2. The van der Waals surface area contributed by atoms with Crippen molar-refractivity contribution in [2.75, 3.05) is 41.0 Å². The molecule has 0 atom stereocenters. The van der Waals surface area contributed by atoms with E-state index in [0.717, 1.165) is 0 Å². The van der Waals surface area contributed by atoms with Crippen LogP contribution in [0.3, 0.4) is 0 Å². The fourth-order valence-electron chi connectivity index (χ4n) is 3.95. The van der Waals surface area contributed by atoms with Crippen LogP contribution in [0.2, 0.25) is 0 Å². The molecule has 1 heterocycles. The number of esters is 1. The van der Waals surface area contributed by atoms with Crippen molar-refractivity contribution in [1.82, 2.24) is 9.88 Å². The second-order valence-electron chi connectivity index (χ2n) is 8.87. The summed E-state index contributed by atoms with van der Waals surface area (Å²) in [4.78, 5) is 33.9. The molecule has 8 nitrogen and oxygen atoms in total. The van der Waals surface area contributed by atoms with E-state index in [1.54, 1.807) is 24.3 Å². The number of methoxy groups -OCH3 is 1. The van der Waals surface area contributed by atoms with Crippen LogP contribution >= 0.6 is 0 Å². The van der Waals surface area contributed by atoms with Gasteiger partial charge in [0, 0.05) is 29.1 Å². The minimum atomic E-state index is -0.717. The Labute approximate surface area is 219 Å². The number of ketones is 1. The lowest BCUT2D eigenvalue weighted by atomic mass is 10.00. The molecule has 0 bridgehead atoms. The number of ether oxygens (including phenoxy) is 2. The zero-order chi connectivity index (χ0) is 27.2. The molecule has 4 aromatic rings. The van der Waals surface area contributed by atoms with E-state index in [2.05, 4.69) is 9.98 Å². The van der Waals surface area contributed by atoms with Crippen molar-refractivity contribution in [1.29, 1.82) is 0 Å². The molecule has 196 valence electrons. The van der Waals surface area contributed by atoms with Crippen LogP contribution in [0.1, 0.15) is 31.8 Å². The van der Waals surface area contributed by atoms with Gasteiger partial charge in [0.15, 0.2) is 11.7 Å². The molecule has 0 saturated carbocycles. The highest BCUT2D eigenvalue weighted by atomic mass is 19.1. The van der Waals surface area contributed by atoms with Crippen molar-refractivity contribution in [3.8, 4) is 5.88 Å². The zero-order valence-corrected chi connectivity index (χ0v) is 21.3. The normalized spacial score (nSPS) is 11.8. The molecule has 0 fully saturated rings. The Morgan fingerprint density at radius 2 is 1.79 bits per heavy atom. The number of hydrogen-bond acceptors (Lipinski definition) is 7. The summed E-state index contributed by atoms with van der Waals surface area (Å²) in [5.41, 5.74) is 2.44. The lowest BCUT2D eigenvalue weighted by Crippen LogP contribution is -2.20. The van der Waals surface area contributed by atoms with Crippen LogP contribution in [0.25, 0.3) is 10.9 Å². The Kier molecular flexibility index (Phi) is 8.30. The molecule has 0 amide bonds. The summed E-state index contributed by atoms with van der Waals surface area (Å²) in [5.74, 6) is -1.85. The maximum Gasteiger partial charge on any atom is 0.337 e. The number of Topliss-reactive ketones (excluding diaryl/α,β-unsaturated/α-hetero) is 1. The Balaban J connectivity index is 1.72. The van der Waals surface area contributed by atoms with Gasteiger partial charge in [0.1, 0.15) is 12.4 Å². The zero-order valence-electron chi connectivity index (χ0n) is 21.3. The van der Waals surface area contributed by atoms with Crippen molar-refractivity contribution in [3.05, 3.63) is 94.8 Å². The quantitative estimate of drug-likeness (QED) is 0.136. The van der Waals surface area contributed by atoms with E-state index in [1.807, 2.05) is 49.3 Å². The summed E-state index contributed by atoms with van der Waals surface area (Å²) in [6.07, 6.45) is 0. The molecular weight excluding hydrogens is 489 g/mol. The van der Waals surface area contributed by atoms with E-state index in [1.165, 1.54) is 19.2 Å². The Hall–Kier alpha value is -4.34. The molecule has 0 aliphatic rings. The number of halogens is 1. The maximum absolute atomic E-state index is 15.0. The Bertz CT molecular complexity index is 1500. The molecule has 0 saturated heterocycles. The molecular formula is C29H28FN3O5. The molecule has 4 rings (SSSR count). The van der Waals surface area contributed by atoms with Gasteiger partial charge in [-0.2, -0.15) is 0 Å². The minimum Gasteiger partial charge on any atom is -0.494 e. The van der Waals surface area contributed by atoms with E-state index in [4.69, 9.17) is 9.47 Å². The third kappa shape index (κ3) is 5.96. The summed E-state index contributed by atoms with van der Waals surface area (Å²) < 4.78 is 25.1. The van der Waals surface area contributed by atoms with Crippen molar-refractivity contribution >= 4 is 34.1 Å². The number of aromatic hydroxyl groups is 1. The first-order chi connectivity index (χ1) is 18.3. The molecule has 38 heavy (non-hydrogen) atoms. The highest BCUT2D eigenvalue weighted by molar-refractivity contribution is 6.22. The van der Waals surface area contributed by atoms with Gasteiger partial charge in [0.05, 0.1) is 41.8 Å². The minimum absolute atomic E-state index is 0.0830. The second kappa shape index (κ2) is 11.8. The average molecular weight is 518 g/mol. The number of aliphatic imine (C=N–C) groups is 1. The molecule has 0 aliphatic heterocycles. The molecule has 2 N–H and O–H groups in total. The number of benzene rings is 3. The molecule has 0 spiro atoms. The van der Waals surface area contributed by atoms with Gasteiger partial charge < -0.3 is 24.5 Å². The lowest BCUT2D eigenvalue weighted by molar-refractivity contribution is 0.0600. The van der Waals surface area contributed by atoms with Gasteiger partial charge in [-0.25, -0.2) is 14.2 Å². The maximum atomic E-state index is 15.0. The fourth-order valence-corrected chi connectivity index (χ4v) is 3.95. The number of likely N-dealkylation sites (N-methyl/N-ethyl adjacent to an activating group) is 1. The van der Waals surface area contributed by atoms with Gasteiger partial charge >= 0.3 is 5.97 Å². The third-order valence-electron chi connectivity index (χ3n) is 5.89. The third-order valence-corrected chi connectivity index (χ3v) is 5.89. The van der Waals surface area contributed by atoms with Crippen LogP contribution < -0.4 is 0 Å². The Morgan fingerprint density at radius 3 is 2.47 bits per heavy atom. The number of H-pyrrole nitrogens is 1. The molecule has 1 aromatic heterocycles. The smallest absolute Gasteiger partial charge is 0.337 e. The first kappa shape index (κ1) is 26.7. The van der Waals surface area contributed by atoms with Crippen LogP contribution in [0, 0.1) is 5.82 Å². The van der Waals surface area contributed by atoms with Crippen LogP contribution in [0.4, 0.5) is 10.1 Å². The van der Waals surface area contributed by atoms with Crippen LogP contribution in [-0.4, -0.2) is 73.4 Å². The number of rotatable bonds is 10. The second-order valence-corrected chi connectivity index (χ2v) is 8.87. The molecule has 0 aliphatic carbocycles. The topological polar surface area (TPSA) is 104 Å². The summed E-state index contributed by atoms with van der Waals surface area (Å²) >= 11 is 0. The molecule has 3 aromatic carbocycles. The van der Waals surface area contributed by atoms with Gasteiger partial charge in [0.25, 0.3) is 0 Å². The van der Waals surface area contributed by atoms with Gasteiger partial charge in [-0.15, -0.1) is 0 Å². The summed E-state index contributed by atoms with van der Waals surface area (Å²) in [5, 5.41) is 11.5. The monoisotopic (exact) mass is 517 g/mol.